The first-order chi connectivity index (χ1) is 17.5. The maximum atomic E-state index is 13.6. The van der Waals surface area contributed by atoms with Crippen molar-refractivity contribution < 1.29 is 23.8 Å². The second kappa shape index (κ2) is 12.4. The third-order valence-electron chi connectivity index (χ3n) is 5.78. The topological polar surface area (TPSA) is 80.3 Å². The molecule has 0 atom stereocenters. The summed E-state index contributed by atoms with van der Waals surface area (Å²) in [6.07, 6.45) is 0.623. The number of rotatable bonds is 11. The lowest BCUT2D eigenvalue weighted by Crippen LogP contribution is -2.44. The number of nitrogens with zero attached hydrogens (tertiary/aromatic N) is 2. The number of carbonyl (C=O) groups excluding carboxylic acids is 2. The van der Waals surface area contributed by atoms with E-state index in [2.05, 4.69) is 5.32 Å². The second-order valence-electron chi connectivity index (χ2n) is 8.58. The molecule has 0 fully saturated rings. The van der Waals surface area contributed by atoms with Crippen molar-refractivity contribution >= 4 is 29.0 Å². The predicted molar refractivity (Wildman–Crippen MR) is 139 cm³/mol. The van der Waals surface area contributed by atoms with Gasteiger partial charge in [0, 0.05) is 37.4 Å². The number of methoxy groups -OCH3 is 1. The highest BCUT2D eigenvalue weighted by Crippen LogP contribution is 2.33. The van der Waals surface area contributed by atoms with Crippen molar-refractivity contribution in [2.45, 2.75) is 26.4 Å². The van der Waals surface area contributed by atoms with Crippen molar-refractivity contribution in [3.05, 3.63) is 76.0 Å². The molecule has 2 heterocycles. The Hall–Kier alpha value is -3.56. The largest absolute Gasteiger partial charge is 0.454 e. The quantitative estimate of drug-likeness (QED) is 0.373. The molecule has 36 heavy (non-hydrogen) atoms. The van der Waals surface area contributed by atoms with E-state index in [1.165, 1.54) is 0 Å². The van der Waals surface area contributed by atoms with Gasteiger partial charge in [0.05, 0.1) is 6.54 Å². The molecule has 4 rings (SSSR count). The van der Waals surface area contributed by atoms with Gasteiger partial charge in [0.2, 0.25) is 12.7 Å². The summed E-state index contributed by atoms with van der Waals surface area (Å²) in [6.45, 7) is 3.88. The van der Waals surface area contributed by atoms with Gasteiger partial charge < -0.3 is 29.3 Å². The van der Waals surface area contributed by atoms with Crippen LogP contribution in [0, 0.1) is 6.92 Å². The fourth-order valence-electron chi connectivity index (χ4n) is 3.84. The number of amides is 3. The van der Waals surface area contributed by atoms with Gasteiger partial charge in [-0.15, -0.1) is 11.3 Å². The Kier molecular flexibility index (Phi) is 8.80. The summed E-state index contributed by atoms with van der Waals surface area (Å²) >= 11 is 1.60. The number of urea groups is 1. The number of benzene rings is 2. The average Bonchev–Trinajstić information content (AvgIpc) is 3.56. The van der Waals surface area contributed by atoms with Crippen LogP contribution in [-0.2, 0) is 22.6 Å². The summed E-state index contributed by atoms with van der Waals surface area (Å²) in [5.74, 6) is 1.24. The Balaban J connectivity index is 1.49. The minimum absolute atomic E-state index is 0.0443. The highest BCUT2D eigenvalue weighted by molar-refractivity contribution is 7.09. The van der Waals surface area contributed by atoms with Crippen LogP contribution < -0.4 is 14.8 Å². The number of fused-ring (bicyclic) bond motifs is 1. The molecule has 1 aromatic heterocycles. The lowest BCUT2D eigenvalue weighted by molar-refractivity contribution is -0.133. The average molecular weight is 510 g/mol. The van der Waals surface area contributed by atoms with Gasteiger partial charge in [0.25, 0.3) is 0 Å². The van der Waals surface area contributed by atoms with E-state index in [4.69, 9.17) is 14.2 Å². The monoisotopic (exact) mass is 509 g/mol. The molecule has 1 N–H and O–H groups in total. The summed E-state index contributed by atoms with van der Waals surface area (Å²) in [5, 5.41) is 4.90. The van der Waals surface area contributed by atoms with E-state index in [0.29, 0.717) is 49.8 Å². The Morgan fingerprint density at radius 3 is 2.58 bits per heavy atom. The predicted octanol–water partition coefficient (Wildman–Crippen LogP) is 4.88. The van der Waals surface area contributed by atoms with Crippen LogP contribution in [0.1, 0.15) is 22.4 Å². The van der Waals surface area contributed by atoms with Crippen LogP contribution in [0.15, 0.2) is 60.0 Å². The van der Waals surface area contributed by atoms with Crippen LogP contribution in [0.4, 0.5) is 10.5 Å². The van der Waals surface area contributed by atoms with Crippen LogP contribution in [0.5, 0.6) is 11.5 Å². The van der Waals surface area contributed by atoms with Gasteiger partial charge in [0.15, 0.2) is 11.5 Å². The summed E-state index contributed by atoms with van der Waals surface area (Å²) in [6, 6.07) is 16.9. The van der Waals surface area contributed by atoms with E-state index in [0.717, 1.165) is 16.0 Å². The van der Waals surface area contributed by atoms with Crippen molar-refractivity contribution in [1.82, 2.24) is 9.80 Å². The van der Waals surface area contributed by atoms with Crippen molar-refractivity contribution in [3.8, 4) is 11.5 Å². The van der Waals surface area contributed by atoms with Crippen molar-refractivity contribution in [1.29, 1.82) is 0 Å². The lowest BCUT2D eigenvalue weighted by Gasteiger charge is -2.28. The molecule has 3 aromatic rings. The van der Waals surface area contributed by atoms with E-state index in [-0.39, 0.29) is 25.3 Å². The summed E-state index contributed by atoms with van der Waals surface area (Å²) < 4.78 is 16.1. The molecule has 0 aliphatic carbocycles. The Labute approximate surface area is 215 Å². The van der Waals surface area contributed by atoms with E-state index >= 15 is 0 Å². The molecule has 3 amide bonds. The molecule has 9 heteroatoms. The number of thiophene rings is 1. The van der Waals surface area contributed by atoms with Gasteiger partial charge in [-0.25, -0.2) is 4.79 Å². The number of aryl methyl sites for hydroxylation is 1. The zero-order chi connectivity index (χ0) is 25.3. The van der Waals surface area contributed by atoms with E-state index in [1.807, 2.05) is 66.9 Å². The van der Waals surface area contributed by atoms with Crippen LogP contribution in [0.25, 0.3) is 0 Å². The van der Waals surface area contributed by atoms with Gasteiger partial charge in [-0.1, -0.05) is 29.8 Å². The lowest BCUT2D eigenvalue weighted by atomic mass is 10.2. The molecule has 0 radical (unpaired) electrons. The molecule has 0 saturated carbocycles. The van der Waals surface area contributed by atoms with Gasteiger partial charge in [0.1, 0.15) is 6.54 Å². The molecule has 1 aliphatic rings. The molecule has 0 bridgehead atoms. The standard InChI is InChI=1S/C27H31N3O5S/c1-20-6-9-22(10-7-20)28-27(32)29(12-4-13-33-2)18-26(31)30(17-23-5-3-14-36-23)16-21-8-11-24-25(15-21)35-19-34-24/h3,5-11,14-15H,4,12-13,16-19H2,1-2H3,(H,28,32). The van der Waals surface area contributed by atoms with Crippen LogP contribution in [-0.4, -0.2) is 55.3 Å². The zero-order valence-electron chi connectivity index (χ0n) is 20.6. The highest BCUT2D eigenvalue weighted by atomic mass is 32.1. The maximum Gasteiger partial charge on any atom is 0.322 e. The molecular weight excluding hydrogens is 478 g/mol. The molecule has 190 valence electrons. The number of nitrogens with one attached hydrogen (secondary N) is 1. The first-order valence-electron chi connectivity index (χ1n) is 11.8. The van der Waals surface area contributed by atoms with Gasteiger partial charge in [-0.05, 0) is 54.6 Å². The molecule has 0 spiro atoms. The molecular formula is C27H31N3O5S. The highest BCUT2D eigenvalue weighted by Gasteiger charge is 2.23. The third kappa shape index (κ3) is 6.99. The Bertz CT molecular complexity index is 1150. The van der Waals surface area contributed by atoms with Gasteiger partial charge in [-0.2, -0.15) is 0 Å². The molecule has 0 saturated heterocycles. The van der Waals surface area contributed by atoms with Crippen molar-refractivity contribution in [2.75, 3.05) is 38.9 Å². The zero-order valence-corrected chi connectivity index (χ0v) is 21.4. The number of hydrogen-bond acceptors (Lipinski definition) is 6. The minimum atomic E-state index is -0.317. The fraction of sp³-hybridized carbons (Fsp3) is 0.333. The summed E-state index contributed by atoms with van der Waals surface area (Å²) in [4.78, 5) is 31.1. The fourth-order valence-corrected chi connectivity index (χ4v) is 4.56. The smallest absolute Gasteiger partial charge is 0.322 e. The van der Waals surface area contributed by atoms with Gasteiger partial charge in [-0.3, -0.25) is 4.79 Å². The summed E-state index contributed by atoms with van der Waals surface area (Å²) in [5.41, 5.74) is 2.72. The first kappa shape index (κ1) is 25.5. The van der Waals surface area contributed by atoms with Crippen molar-refractivity contribution in [2.24, 2.45) is 0 Å². The Morgan fingerprint density at radius 1 is 1.03 bits per heavy atom. The van der Waals surface area contributed by atoms with Gasteiger partial charge >= 0.3 is 6.03 Å². The molecule has 0 unspecified atom stereocenters. The van der Waals surface area contributed by atoms with Crippen LogP contribution in [0.3, 0.4) is 0 Å². The number of carbonyl (C=O) groups is 2. The molecule has 8 nitrogen and oxygen atoms in total. The van der Waals surface area contributed by atoms with Crippen LogP contribution in [0.2, 0.25) is 0 Å². The minimum Gasteiger partial charge on any atom is -0.454 e. The second-order valence-corrected chi connectivity index (χ2v) is 9.61. The normalized spacial score (nSPS) is 11.8. The number of ether oxygens (including phenoxy) is 3. The van der Waals surface area contributed by atoms with Crippen molar-refractivity contribution in [3.63, 3.8) is 0 Å². The Morgan fingerprint density at radius 2 is 1.83 bits per heavy atom. The van der Waals surface area contributed by atoms with E-state index in [9.17, 15) is 9.59 Å². The molecule has 1 aliphatic heterocycles. The summed E-state index contributed by atoms with van der Waals surface area (Å²) in [7, 11) is 1.62. The maximum absolute atomic E-state index is 13.6. The third-order valence-corrected chi connectivity index (χ3v) is 6.64. The first-order valence-corrected chi connectivity index (χ1v) is 12.7. The molecule has 2 aromatic carbocycles. The number of anilines is 1. The van der Waals surface area contributed by atoms with Crippen LogP contribution >= 0.6 is 11.3 Å². The SMILES string of the molecule is COCCCN(CC(=O)N(Cc1ccc2c(c1)OCO2)Cc1cccs1)C(=O)Nc1ccc(C)cc1. The van der Waals surface area contributed by atoms with E-state index in [1.54, 1.807) is 28.2 Å². The van der Waals surface area contributed by atoms with E-state index < -0.39 is 0 Å². The number of hydrogen-bond donors (Lipinski definition) is 1.